The largest absolute Gasteiger partial charge is 0.748 e. The average molecular weight is 368 g/mol. The highest BCUT2D eigenvalue weighted by molar-refractivity contribution is 7.94. The molecule has 0 aromatic heterocycles. The molecule has 2 aliphatic rings. The van der Waals surface area contributed by atoms with Crippen molar-refractivity contribution in [2.24, 2.45) is 0 Å². The molecule has 8 nitrogen and oxygen atoms in total. The summed E-state index contributed by atoms with van der Waals surface area (Å²) < 4.78 is 57.5. The third-order valence-electron chi connectivity index (χ3n) is 4.68. The van der Waals surface area contributed by atoms with Crippen LogP contribution < -0.4 is 10.2 Å². The predicted octanol–water partition coefficient (Wildman–Crippen LogP) is -2.34. The molecule has 0 aromatic carbocycles. The molecule has 0 unspecified atom stereocenters. The third-order valence-corrected chi connectivity index (χ3v) is 8.15. The maximum Gasteiger partial charge on any atom is 0.226 e. The van der Waals surface area contributed by atoms with Gasteiger partial charge < -0.3 is 14.8 Å². The number of sulfone groups is 1. The molecular weight excluding hydrogens is 344 g/mol. The molecule has 0 aromatic rings. The van der Waals surface area contributed by atoms with Gasteiger partial charge in [-0.15, -0.1) is 0 Å². The van der Waals surface area contributed by atoms with E-state index in [1.54, 1.807) is 0 Å². The predicted molar refractivity (Wildman–Crippen MR) is 82.7 cm³/mol. The van der Waals surface area contributed by atoms with Crippen LogP contribution in [0.2, 0.25) is 0 Å². The molecule has 2 saturated heterocycles. The van der Waals surface area contributed by atoms with E-state index in [0.29, 0.717) is 6.54 Å². The topological polar surface area (TPSA) is 125 Å². The lowest BCUT2D eigenvalue weighted by Gasteiger charge is -2.32. The Bertz CT molecular complexity index is 654. The van der Waals surface area contributed by atoms with Gasteiger partial charge in [-0.1, -0.05) is 0 Å². The molecule has 0 bridgehead atoms. The minimum absolute atomic E-state index is 0.191. The second-order valence-electron chi connectivity index (χ2n) is 6.81. The van der Waals surface area contributed by atoms with Gasteiger partial charge in [0.25, 0.3) is 0 Å². The van der Waals surface area contributed by atoms with Crippen molar-refractivity contribution in [2.75, 3.05) is 31.1 Å². The highest BCUT2D eigenvalue weighted by atomic mass is 32.2. The van der Waals surface area contributed by atoms with E-state index in [1.165, 1.54) is 18.2 Å². The molecule has 2 aliphatic heterocycles. The van der Waals surface area contributed by atoms with E-state index < -0.39 is 48.2 Å². The van der Waals surface area contributed by atoms with Gasteiger partial charge >= 0.3 is 0 Å². The third kappa shape index (κ3) is 4.88. The highest BCUT2D eigenvalue weighted by Gasteiger charge is 2.51. The van der Waals surface area contributed by atoms with Crippen LogP contribution in [0.4, 0.5) is 0 Å². The Morgan fingerprint density at radius 1 is 1.30 bits per heavy atom. The summed E-state index contributed by atoms with van der Waals surface area (Å²) >= 11 is 0. The molecule has 10 heteroatoms. The second kappa shape index (κ2) is 6.66. The number of hydrogen-bond acceptors (Lipinski definition) is 6. The fourth-order valence-electron chi connectivity index (χ4n) is 3.51. The van der Waals surface area contributed by atoms with Gasteiger partial charge in [0, 0.05) is 0 Å². The maximum atomic E-state index is 12.1. The number of likely N-dealkylation sites (tertiary alicyclic amines) is 1. The first-order chi connectivity index (χ1) is 10.5. The number of carbonyl (C=O) groups is 1. The minimum atomic E-state index is -4.81. The van der Waals surface area contributed by atoms with Gasteiger partial charge in [-0.3, -0.25) is 4.79 Å². The zero-order chi connectivity index (χ0) is 17.3. The van der Waals surface area contributed by atoms with Crippen molar-refractivity contribution in [3.8, 4) is 0 Å². The molecule has 0 radical (unpaired) electrons. The van der Waals surface area contributed by atoms with Crippen molar-refractivity contribution in [2.45, 2.75) is 43.4 Å². The monoisotopic (exact) mass is 368 g/mol. The van der Waals surface area contributed by atoms with Crippen LogP contribution >= 0.6 is 0 Å². The van der Waals surface area contributed by atoms with Gasteiger partial charge in [-0.2, -0.15) is 0 Å². The van der Waals surface area contributed by atoms with E-state index in [2.05, 4.69) is 5.32 Å². The SMILES string of the molecule is C[C@@]1(NC(=O)CC[NH+]2CCCCC2)CS(=O)(=O)C[C@@H]1S(=O)(=O)[O-]. The van der Waals surface area contributed by atoms with Crippen molar-refractivity contribution in [3.63, 3.8) is 0 Å². The fraction of sp³-hybridized carbons (Fsp3) is 0.923. The van der Waals surface area contributed by atoms with Gasteiger partial charge in [-0.25, -0.2) is 16.8 Å². The van der Waals surface area contributed by atoms with Crippen LogP contribution in [0.15, 0.2) is 0 Å². The molecule has 134 valence electrons. The van der Waals surface area contributed by atoms with Gasteiger partial charge in [0.2, 0.25) is 5.91 Å². The number of quaternary nitrogens is 1. The van der Waals surface area contributed by atoms with Crippen LogP contribution in [0.3, 0.4) is 0 Å². The lowest BCUT2D eigenvalue weighted by atomic mass is 10.0. The Hall–Kier alpha value is -0.710. The van der Waals surface area contributed by atoms with Crippen LogP contribution in [0, 0.1) is 0 Å². The van der Waals surface area contributed by atoms with E-state index in [9.17, 15) is 26.2 Å². The normalized spacial score (nSPS) is 31.8. The molecule has 2 N–H and O–H groups in total. The lowest BCUT2D eigenvalue weighted by molar-refractivity contribution is -0.904. The van der Waals surface area contributed by atoms with E-state index in [0.717, 1.165) is 25.9 Å². The number of nitrogens with one attached hydrogen (secondary N) is 2. The average Bonchev–Trinajstić information content (AvgIpc) is 2.67. The number of rotatable bonds is 5. The van der Waals surface area contributed by atoms with Crippen LogP contribution in [-0.4, -0.2) is 69.2 Å². The number of amides is 1. The Morgan fingerprint density at radius 3 is 2.48 bits per heavy atom. The lowest BCUT2D eigenvalue weighted by Crippen LogP contribution is -3.12. The zero-order valence-corrected chi connectivity index (χ0v) is 14.8. The standard InChI is InChI=1S/C13H24N2O6S2/c1-13(10-22(17,18)9-11(13)23(19,20)21)14-12(16)5-8-15-6-3-2-4-7-15/h11H,2-10H2,1H3,(H,14,16)(H,19,20,21)/t11-,13+/m0/s1. The molecule has 0 aliphatic carbocycles. The maximum absolute atomic E-state index is 12.1. The fourth-order valence-corrected chi connectivity index (χ4v) is 7.82. The molecule has 2 atom stereocenters. The molecule has 0 spiro atoms. The van der Waals surface area contributed by atoms with Crippen molar-refractivity contribution in [1.82, 2.24) is 5.32 Å². The van der Waals surface area contributed by atoms with Crippen LogP contribution in [0.25, 0.3) is 0 Å². The van der Waals surface area contributed by atoms with Gasteiger partial charge in [0.05, 0.1) is 48.3 Å². The first-order valence-electron chi connectivity index (χ1n) is 7.82. The molecule has 0 saturated carbocycles. The number of piperidine rings is 1. The zero-order valence-electron chi connectivity index (χ0n) is 13.2. The molecular formula is C13H24N2O6S2. The summed E-state index contributed by atoms with van der Waals surface area (Å²) in [5.74, 6) is -1.65. The van der Waals surface area contributed by atoms with E-state index in [1.807, 2.05) is 0 Å². The molecule has 23 heavy (non-hydrogen) atoms. The highest BCUT2D eigenvalue weighted by Crippen LogP contribution is 2.28. The Balaban J connectivity index is 1.99. The van der Waals surface area contributed by atoms with E-state index in [-0.39, 0.29) is 6.42 Å². The van der Waals surface area contributed by atoms with Gasteiger partial charge in [-0.05, 0) is 26.2 Å². The Morgan fingerprint density at radius 2 is 1.91 bits per heavy atom. The first kappa shape index (κ1) is 18.6. The quantitative estimate of drug-likeness (QED) is 0.524. The summed E-state index contributed by atoms with van der Waals surface area (Å²) in [6.07, 6.45) is 3.65. The molecule has 2 heterocycles. The van der Waals surface area contributed by atoms with Crippen molar-refractivity contribution < 1.29 is 31.1 Å². The van der Waals surface area contributed by atoms with Crippen molar-refractivity contribution in [3.05, 3.63) is 0 Å². The van der Waals surface area contributed by atoms with E-state index >= 15 is 0 Å². The number of carbonyl (C=O) groups excluding carboxylic acids is 1. The summed E-state index contributed by atoms with van der Waals surface area (Å²) in [6.45, 7) is 3.97. The van der Waals surface area contributed by atoms with Gasteiger partial charge in [0.15, 0.2) is 9.84 Å². The summed E-state index contributed by atoms with van der Waals surface area (Å²) in [7, 11) is -8.48. The summed E-state index contributed by atoms with van der Waals surface area (Å²) in [5.41, 5.74) is -1.55. The van der Waals surface area contributed by atoms with E-state index in [4.69, 9.17) is 0 Å². The molecule has 1 amide bonds. The van der Waals surface area contributed by atoms with Crippen LogP contribution in [-0.2, 0) is 24.7 Å². The molecule has 2 rings (SSSR count). The Labute approximate surface area is 137 Å². The Kier molecular flexibility index (Phi) is 5.39. The smallest absolute Gasteiger partial charge is 0.226 e. The first-order valence-corrected chi connectivity index (χ1v) is 11.1. The number of hydrogen-bond donors (Lipinski definition) is 2. The minimum Gasteiger partial charge on any atom is -0.748 e. The summed E-state index contributed by atoms with van der Waals surface area (Å²) in [6, 6.07) is 0. The van der Waals surface area contributed by atoms with Crippen LogP contribution in [0.5, 0.6) is 0 Å². The van der Waals surface area contributed by atoms with Crippen LogP contribution in [0.1, 0.15) is 32.6 Å². The summed E-state index contributed by atoms with van der Waals surface area (Å²) in [5, 5.41) is 0.863. The van der Waals surface area contributed by atoms with Crippen molar-refractivity contribution >= 4 is 25.9 Å². The van der Waals surface area contributed by atoms with Gasteiger partial charge in [0.1, 0.15) is 10.1 Å². The van der Waals surface area contributed by atoms with Crippen molar-refractivity contribution in [1.29, 1.82) is 0 Å². The molecule has 2 fully saturated rings. The summed E-state index contributed by atoms with van der Waals surface area (Å²) in [4.78, 5) is 13.4. The second-order valence-corrected chi connectivity index (χ2v) is 10.5.